The van der Waals surface area contributed by atoms with Gasteiger partial charge in [-0.25, -0.2) is 8.42 Å². The lowest BCUT2D eigenvalue weighted by molar-refractivity contribution is -0.127. The van der Waals surface area contributed by atoms with Gasteiger partial charge in [0.25, 0.3) is 15.9 Å². The number of amides is 1. The lowest BCUT2D eigenvalue weighted by Crippen LogP contribution is -2.50. The fraction of sp³-hybridized carbons (Fsp3) is 0.176. The Balaban J connectivity index is 2.06. The fourth-order valence-corrected chi connectivity index (χ4v) is 4.03. The average Bonchev–Trinajstić information content (AvgIpc) is 2.66. The first kappa shape index (κ1) is 16.8. The molecule has 8 heteroatoms. The van der Waals surface area contributed by atoms with Crippen LogP contribution in [0.4, 0.5) is 5.69 Å². The average molecular weight is 357 g/mol. The molecule has 0 aromatic heterocycles. The molecular formula is C17H15N3O4S. The normalized spacial score (nSPS) is 16.3. The Hall–Kier alpha value is -3.05. The summed E-state index contributed by atoms with van der Waals surface area (Å²) in [6.07, 6.45) is -0.951. The van der Waals surface area contributed by atoms with Crippen LogP contribution >= 0.6 is 0 Å². The van der Waals surface area contributed by atoms with Gasteiger partial charge in [0.1, 0.15) is 5.75 Å². The summed E-state index contributed by atoms with van der Waals surface area (Å²) in [6, 6.07) is 14.2. The Kier molecular flexibility index (Phi) is 4.33. The number of nitrogens with zero attached hydrogens (tertiary/aromatic N) is 2. The molecule has 128 valence electrons. The number of ether oxygens (including phenoxy) is 1. The van der Waals surface area contributed by atoms with Crippen molar-refractivity contribution in [2.75, 3.05) is 17.9 Å². The van der Waals surface area contributed by atoms with E-state index in [1.807, 2.05) is 6.07 Å². The van der Waals surface area contributed by atoms with Crippen molar-refractivity contribution >= 4 is 21.6 Å². The first-order chi connectivity index (χ1) is 12.0. The van der Waals surface area contributed by atoms with Crippen molar-refractivity contribution in [2.45, 2.75) is 11.0 Å². The van der Waals surface area contributed by atoms with Crippen molar-refractivity contribution in [3.63, 3.8) is 0 Å². The van der Waals surface area contributed by atoms with E-state index in [1.54, 1.807) is 24.3 Å². The summed E-state index contributed by atoms with van der Waals surface area (Å²) in [5.74, 6) is -0.0888. The van der Waals surface area contributed by atoms with Crippen molar-refractivity contribution in [3.8, 4) is 11.8 Å². The molecule has 25 heavy (non-hydrogen) atoms. The number of hydrogen-bond donors (Lipinski definition) is 1. The fourth-order valence-electron chi connectivity index (χ4n) is 2.56. The van der Waals surface area contributed by atoms with Crippen LogP contribution in [0.15, 0.2) is 53.4 Å². The number of nitrogens with one attached hydrogen (secondary N) is 1. The number of likely N-dealkylation sites (N-methyl/N-ethyl adjacent to an activating group) is 1. The summed E-state index contributed by atoms with van der Waals surface area (Å²) in [5, 5.41) is 11.3. The maximum absolute atomic E-state index is 13.1. The van der Waals surface area contributed by atoms with Gasteiger partial charge in [-0.2, -0.15) is 5.26 Å². The number of sulfonamides is 1. The minimum absolute atomic E-state index is 0.0406. The third-order valence-corrected chi connectivity index (χ3v) is 5.64. The van der Waals surface area contributed by atoms with Crippen molar-refractivity contribution in [1.82, 2.24) is 5.32 Å². The molecule has 2 aromatic carbocycles. The van der Waals surface area contributed by atoms with Crippen LogP contribution in [0.25, 0.3) is 0 Å². The molecule has 0 radical (unpaired) electrons. The number of carbonyl (C=O) groups excluding carboxylic acids is 1. The summed E-state index contributed by atoms with van der Waals surface area (Å²) < 4.78 is 32.9. The largest absolute Gasteiger partial charge is 0.476 e. The molecule has 0 spiro atoms. The monoisotopic (exact) mass is 357 g/mol. The standard InChI is InChI=1S/C17H15N3O4S/c1-19-17(21)16-11-20(14-4-2-3-5-15(14)24-16)25(22,23)13-8-6-12(10-18)7-9-13/h2-9,16H,11H2,1H3,(H,19,21)/t16-/m1/s1. The van der Waals surface area contributed by atoms with Crippen LogP contribution in [-0.2, 0) is 14.8 Å². The molecule has 1 aliphatic heterocycles. The van der Waals surface area contributed by atoms with Gasteiger partial charge in [-0.3, -0.25) is 9.10 Å². The number of carbonyl (C=O) groups is 1. The van der Waals surface area contributed by atoms with Crippen LogP contribution in [0.3, 0.4) is 0 Å². The maximum Gasteiger partial charge on any atom is 0.264 e. The molecular weight excluding hydrogens is 342 g/mol. The lowest BCUT2D eigenvalue weighted by Gasteiger charge is -2.34. The maximum atomic E-state index is 13.1. The van der Waals surface area contributed by atoms with Gasteiger partial charge in [0.05, 0.1) is 28.8 Å². The molecule has 1 amide bonds. The van der Waals surface area contributed by atoms with E-state index in [0.29, 0.717) is 17.0 Å². The molecule has 0 aliphatic carbocycles. The third-order valence-electron chi connectivity index (χ3n) is 3.85. The van der Waals surface area contributed by atoms with E-state index in [1.165, 1.54) is 31.3 Å². The second-order valence-corrected chi connectivity index (χ2v) is 7.22. The number of hydrogen-bond acceptors (Lipinski definition) is 5. The minimum atomic E-state index is -3.91. The molecule has 2 aromatic rings. The van der Waals surface area contributed by atoms with Gasteiger partial charge >= 0.3 is 0 Å². The summed E-state index contributed by atoms with van der Waals surface area (Å²) in [7, 11) is -2.45. The van der Waals surface area contributed by atoms with Crippen LogP contribution in [-0.4, -0.2) is 34.0 Å². The smallest absolute Gasteiger partial charge is 0.264 e. The zero-order valence-electron chi connectivity index (χ0n) is 13.3. The zero-order chi connectivity index (χ0) is 18.0. The highest BCUT2D eigenvalue weighted by Gasteiger charge is 2.37. The molecule has 0 fully saturated rings. The Bertz CT molecular complexity index is 949. The number of para-hydroxylation sites is 2. The van der Waals surface area contributed by atoms with Gasteiger partial charge in [0, 0.05) is 7.05 Å². The lowest BCUT2D eigenvalue weighted by atomic mass is 10.2. The van der Waals surface area contributed by atoms with E-state index in [2.05, 4.69) is 5.32 Å². The van der Waals surface area contributed by atoms with Crippen LogP contribution in [0, 0.1) is 11.3 Å². The third kappa shape index (κ3) is 3.02. The van der Waals surface area contributed by atoms with Crippen molar-refractivity contribution in [1.29, 1.82) is 5.26 Å². The molecule has 1 heterocycles. The van der Waals surface area contributed by atoms with E-state index in [9.17, 15) is 13.2 Å². The zero-order valence-corrected chi connectivity index (χ0v) is 14.2. The molecule has 0 saturated heterocycles. The van der Waals surface area contributed by atoms with Gasteiger partial charge in [-0.05, 0) is 36.4 Å². The first-order valence-corrected chi connectivity index (χ1v) is 8.91. The summed E-state index contributed by atoms with van der Waals surface area (Å²) >= 11 is 0. The van der Waals surface area contributed by atoms with Crippen molar-refractivity contribution < 1.29 is 17.9 Å². The highest BCUT2D eigenvalue weighted by atomic mass is 32.2. The van der Waals surface area contributed by atoms with E-state index >= 15 is 0 Å². The van der Waals surface area contributed by atoms with Crippen LogP contribution in [0.5, 0.6) is 5.75 Å². The van der Waals surface area contributed by atoms with Crippen molar-refractivity contribution in [3.05, 3.63) is 54.1 Å². The van der Waals surface area contributed by atoms with E-state index in [0.717, 1.165) is 4.31 Å². The molecule has 1 atom stereocenters. The highest BCUT2D eigenvalue weighted by Crippen LogP contribution is 2.36. The quantitative estimate of drug-likeness (QED) is 0.891. The van der Waals surface area contributed by atoms with Gasteiger partial charge in [0.15, 0.2) is 6.10 Å². The minimum Gasteiger partial charge on any atom is -0.476 e. The van der Waals surface area contributed by atoms with Crippen LogP contribution < -0.4 is 14.4 Å². The number of fused-ring (bicyclic) bond motifs is 1. The Morgan fingerprint density at radius 1 is 1.24 bits per heavy atom. The van der Waals surface area contributed by atoms with Crippen molar-refractivity contribution in [2.24, 2.45) is 0 Å². The van der Waals surface area contributed by atoms with E-state index < -0.39 is 22.0 Å². The molecule has 7 nitrogen and oxygen atoms in total. The van der Waals surface area contributed by atoms with Gasteiger partial charge in [-0.15, -0.1) is 0 Å². The molecule has 0 unspecified atom stereocenters. The van der Waals surface area contributed by atoms with Gasteiger partial charge < -0.3 is 10.1 Å². The summed E-state index contributed by atoms with van der Waals surface area (Å²) in [6.45, 7) is -0.140. The first-order valence-electron chi connectivity index (χ1n) is 7.47. The Morgan fingerprint density at radius 2 is 1.92 bits per heavy atom. The highest BCUT2D eigenvalue weighted by molar-refractivity contribution is 7.92. The van der Waals surface area contributed by atoms with Gasteiger partial charge in [0.2, 0.25) is 0 Å². The molecule has 3 rings (SSSR count). The Morgan fingerprint density at radius 3 is 2.56 bits per heavy atom. The SMILES string of the molecule is CNC(=O)[C@H]1CN(S(=O)(=O)c2ccc(C#N)cc2)c2ccccc2O1. The number of benzene rings is 2. The molecule has 0 bridgehead atoms. The predicted octanol–water partition coefficient (Wildman–Crippen LogP) is 1.26. The summed E-state index contributed by atoms with van der Waals surface area (Å²) in [5.41, 5.74) is 0.733. The van der Waals surface area contributed by atoms with Gasteiger partial charge in [-0.1, -0.05) is 12.1 Å². The topological polar surface area (TPSA) is 99.5 Å². The van der Waals surface area contributed by atoms with E-state index in [4.69, 9.17) is 10.00 Å². The second kappa shape index (κ2) is 6.45. The molecule has 0 saturated carbocycles. The summed E-state index contributed by atoms with van der Waals surface area (Å²) in [4.78, 5) is 12.0. The molecule has 1 N–H and O–H groups in total. The number of rotatable bonds is 3. The van der Waals surface area contributed by atoms with Crippen LogP contribution in [0.1, 0.15) is 5.56 Å². The number of nitriles is 1. The van der Waals surface area contributed by atoms with Crippen LogP contribution in [0.2, 0.25) is 0 Å². The van der Waals surface area contributed by atoms with E-state index in [-0.39, 0.29) is 11.4 Å². The second-order valence-electron chi connectivity index (χ2n) is 5.36. The molecule has 1 aliphatic rings. The Labute approximate surface area is 145 Å². The predicted molar refractivity (Wildman–Crippen MR) is 90.6 cm³/mol. The number of anilines is 1.